The summed E-state index contributed by atoms with van der Waals surface area (Å²) in [5, 5.41) is 4.97. The molecular weight excluding hydrogens is 512 g/mol. The zero-order valence-electron chi connectivity index (χ0n) is 22.6. The first-order valence-corrected chi connectivity index (χ1v) is 14.5. The van der Waals surface area contributed by atoms with Crippen molar-refractivity contribution in [3.05, 3.63) is 137 Å². The van der Waals surface area contributed by atoms with E-state index in [2.05, 4.69) is 106 Å². The first-order chi connectivity index (χ1) is 19.7. The second-order valence-electron chi connectivity index (χ2n) is 10.7. The van der Waals surface area contributed by atoms with Crippen LogP contribution in [-0.2, 0) is 5.54 Å². The molecule has 5 heteroatoms. The highest BCUT2D eigenvalue weighted by atomic mass is 35.5. The molecule has 1 fully saturated rings. The summed E-state index contributed by atoms with van der Waals surface area (Å²) in [6.45, 7) is 2.89. The third-order valence-corrected chi connectivity index (χ3v) is 8.69. The molecule has 202 valence electrons. The third-order valence-electron chi connectivity index (χ3n) is 8.40. The summed E-state index contributed by atoms with van der Waals surface area (Å²) in [7, 11) is 0. The van der Waals surface area contributed by atoms with Crippen LogP contribution in [0.25, 0.3) is 10.9 Å². The quantitative estimate of drug-likeness (QED) is 0.153. The van der Waals surface area contributed by atoms with Gasteiger partial charge in [0.25, 0.3) is 0 Å². The summed E-state index contributed by atoms with van der Waals surface area (Å²) in [4.78, 5) is 7.13. The van der Waals surface area contributed by atoms with Gasteiger partial charge in [-0.3, -0.25) is 4.90 Å². The number of benzene rings is 4. The number of rotatable bonds is 8. The molecule has 40 heavy (non-hydrogen) atoms. The van der Waals surface area contributed by atoms with E-state index in [-0.39, 0.29) is 5.54 Å². The van der Waals surface area contributed by atoms with Gasteiger partial charge in [-0.15, -0.1) is 0 Å². The van der Waals surface area contributed by atoms with Crippen molar-refractivity contribution in [3.63, 3.8) is 0 Å². The molecule has 0 saturated carbocycles. The number of nitrogens with two attached hydrogens (primary N) is 1. The molecule has 2 heterocycles. The van der Waals surface area contributed by atoms with Crippen LogP contribution in [0.1, 0.15) is 36.0 Å². The van der Waals surface area contributed by atoms with Crippen LogP contribution in [0.3, 0.4) is 0 Å². The molecule has 4 aromatic carbocycles. The molecular formula is C35H35ClN4. The number of nitrogens with zero attached hydrogens (tertiary/aromatic N) is 2. The molecule has 1 aliphatic rings. The van der Waals surface area contributed by atoms with Crippen molar-refractivity contribution in [1.82, 2.24) is 9.88 Å². The van der Waals surface area contributed by atoms with Crippen LogP contribution in [0.2, 0.25) is 5.15 Å². The standard InChI is InChI=1S/C35H35ClN4/c36-34-32(37)33(30-18-10-11-19-31(30)39-34)38-23-20-26-21-24-40(25-22-26)35(27-12-4-1-5-13-27,28-14-6-2-7-15-28)29-16-8-3-9-17-29/h1-19,26H,20-25,37H2,(H,38,39). The lowest BCUT2D eigenvalue weighted by atomic mass is 9.74. The molecule has 0 bridgehead atoms. The molecule has 0 aliphatic carbocycles. The van der Waals surface area contributed by atoms with E-state index in [1.54, 1.807) is 0 Å². The topological polar surface area (TPSA) is 54.2 Å². The van der Waals surface area contributed by atoms with Gasteiger partial charge in [-0.1, -0.05) is 121 Å². The maximum absolute atomic E-state index is 6.35. The highest BCUT2D eigenvalue weighted by Gasteiger charge is 2.43. The summed E-state index contributed by atoms with van der Waals surface area (Å²) < 4.78 is 0. The fourth-order valence-electron chi connectivity index (χ4n) is 6.43. The summed E-state index contributed by atoms with van der Waals surface area (Å²) in [5.74, 6) is 0.633. The number of fused-ring (bicyclic) bond motifs is 1. The van der Waals surface area contributed by atoms with Gasteiger partial charge in [-0.25, -0.2) is 4.98 Å². The summed E-state index contributed by atoms with van der Waals surface area (Å²) in [5.41, 5.74) is 12.2. The Morgan fingerprint density at radius 3 is 1.80 bits per heavy atom. The smallest absolute Gasteiger partial charge is 0.154 e. The number of nitrogen functional groups attached to an aromatic ring is 1. The molecule has 5 aromatic rings. The maximum atomic E-state index is 6.35. The van der Waals surface area contributed by atoms with Gasteiger partial charge < -0.3 is 11.1 Å². The highest BCUT2D eigenvalue weighted by Crippen LogP contribution is 2.44. The minimum absolute atomic E-state index is 0.339. The largest absolute Gasteiger partial charge is 0.395 e. The van der Waals surface area contributed by atoms with E-state index >= 15 is 0 Å². The molecule has 0 spiro atoms. The van der Waals surface area contributed by atoms with Gasteiger partial charge in [0.05, 0.1) is 22.4 Å². The number of hydrogen-bond acceptors (Lipinski definition) is 4. The number of hydrogen-bond donors (Lipinski definition) is 2. The van der Waals surface area contributed by atoms with Crippen molar-refractivity contribution < 1.29 is 0 Å². The van der Waals surface area contributed by atoms with Crippen molar-refractivity contribution in [2.75, 3.05) is 30.7 Å². The van der Waals surface area contributed by atoms with Gasteiger partial charge in [0, 0.05) is 11.9 Å². The van der Waals surface area contributed by atoms with E-state index in [0.717, 1.165) is 55.5 Å². The maximum Gasteiger partial charge on any atom is 0.154 e. The van der Waals surface area contributed by atoms with E-state index in [0.29, 0.717) is 16.8 Å². The summed E-state index contributed by atoms with van der Waals surface area (Å²) in [6, 6.07) is 41.0. The Balaban J connectivity index is 1.23. The molecule has 1 aromatic heterocycles. The Bertz CT molecular complexity index is 1450. The lowest BCUT2D eigenvalue weighted by Crippen LogP contribution is -2.51. The Kier molecular flexibility index (Phi) is 7.72. The lowest BCUT2D eigenvalue weighted by molar-refractivity contribution is 0.100. The Morgan fingerprint density at radius 1 is 0.750 bits per heavy atom. The van der Waals surface area contributed by atoms with Gasteiger partial charge in [-0.2, -0.15) is 0 Å². The average Bonchev–Trinajstić information content (AvgIpc) is 3.02. The summed E-state index contributed by atoms with van der Waals surface area (Å²) in [6.07, 6.45) is 3.36. The van der Waals surface area contributed by atoms with Crippen molar-refractivity contribution in [2.45, 2.75) is 24.8 Å². The van der Waals surface area contributed by atoms with Crippen molar-refractivity contribution in [2.24, 2.45) is 5.92 Å². The molecule has 0 radical (unpaired) electrons. The van der Waals surface area contributed by atoms with E-state index in [4.69, 9.17) is 17.3 Å². The van der Waals surface area contributed by atoms with Crippen LogP contribution in [0.5, 0.6) is 0 Å². The van der Waals surface area contributed by atoms with Crippen molar-refractivity contribution in [3.8, 4) is 0 Å². The number of para-hydroxylation sites is 1. The fraction of sp³-hybridized carbons (Fsp3) is 0.229. The molecule has 4 nitrogen and oxygen atoms in total. The predicted octanol–water partition coefficient (Wildman–Crippen LogP) is 7.98. The first kappa shape index (κ1) is 26.4. The Labute approximate surface area is 241 Å². The number of pyridine rings is 1. The second kappa shape index (κ2) is 11.7. The predicted molar refractivity (Wildman–Crippen MR) is 168 cm³/mol. The van der Waals surface area contributed by atoms with Crippen LogP contribution < -0.4 is 11.1 Å². The normalized spacial score (nSPS) is 14.8. The highest BCUT2D eigenvalue weighted by molar-refractivity contribution is 6.33. The van der Waals surface area contributed by atoms with E-state index in [9.17, 15) is 0 Å². The minimum Gasteiger partial charge on any atom is -0.395 e. The monoisotopic (exact) mass is 546 g/mol. The van der Waals surface area contributed by atoms with Gasteiger partial charge in [-0.05, 0) is 61.0 Å². The molecule has 6 rings (SSSR count). The van der Waals surface area contributed by atoms with Gasteiger partial charge in [0.1, 0.15) is 0 Å². The van der Waals surface area contributed by atoms with Crippen LogP contribution >= 0.6 is 11.6 Å². The van der Waals surface area contributed by atoms with Crippen molar-refractivity contribution in [1.29, 1.82) is 0 Å². The van der Waals surface area contributed by atoms with Crippen molar-refractivity contribution >= 4 is 33.9 Å². The van der Waals surface area contributed by atoms with Crippen LogP contribution in [0, 0.1) is 5.92 Å². The van der Waals surface area contributed by atoms with E-state index in [1.165, 1.54) is 16.7 Å². The zero-order valence-corrected chi connectivity index (χ0v) is 23.4. The molecule has 0 amide bonds. The number of piperidine rings is 1. The van der Waals surface area contributed by atoms with E-state index < -0.39 is 0 Å². The molecule has 3 N–H and O–H groups in total. The van der Waals surface area contributed by atoms with Gasteiger partial charge >= 0.3 is 0 Å². The van der Waals surface area contributed by atoms with Crippen LogP contribution in [0.4, 0.5) is 11.4 Å². The van der Waals surface area contributed by atoms with Crippen LogP contribution in [-0.4, -0.2) is 29.5 Å². The van der Waals surface area contributed by atoms with Crippen LogP contribution in [0.15, 0.2) is 115 Å². The molecule has 1 aliphatic heterocycles. The Hall–Kier alpha value is -3.86. The summed E-state index contributed by atoms with van der Waals surface area (Å²) >= 11 is 6.35. The number of halogens is 1. The Morgan fingerprint density at radius 2 is 1.25 bits per heavy atom. The van der Waals surface area contributed by atoms with Gasteiger partial charge in [0.2, 0.25) is 0 Å². The lowest BCUT2D eigenvalue weighted by Gasteiger charge is -2.48. The minimum atomic E-state index is -0.339. The number of anilines is 2. The first-order valence-electron chi connectivity index (χ1n) is 14.2. The van der Waals surface area contributed by atoms with Gasteiger partial charge in [0.15, 0.2) is 5.15 Å². The number of nitrogens with one attached hydrogen (secondary N) is 1. The number of likely N-dealkylation sites (tertiary alicyclic amines) is 1. The molecule has 1 saturated heterocycles. The fourth-order valence-corrected chi connectivity index (χ4v) is 6.62. The average molecular weight is 547 g/mol. The molecule has 0 unspecified atom stereocenters. The zero-order chi connectivity index (χ0) is 27.4. The second-order valence-corrected chi connectivity index (χ2v) is 11.0. The third kappa shape index (κ3) is 4.94. The SMILES string of the molecule is Nc1c(Cl)nc2ccccc2c1NCCC1CCN(C(c2ccccc2)(c2ccccc2)c2ccccc2)CC1. The van der Waals surface area contributed by atoms with E-state index in [1.807, 2.05) is 24.3 Å². The molecule has 0 atom stereocenters. The number of aromatic nitrogens is 1.